The predicted molar refractivity (Wildman–Crippen MR) is 100 cm³/mol. The van der Waals surface area contributed by atoms with Crippen LogP contribution in [0.4, 0.5) is 0 Å². The fraction of sp³-hybridized carbons (Fsp3) is 0.190. The molecular formula is C21H21N3. The lowest BCUT2D eigenvalue weighted by molar-refractivity contribution is 0.590. The largest absolute Gasteiger partial charge is 0.361 e. The van der Waals surface area contributed by atoms with Crippen LogP contribution in [0.3, 0.4) is 0 Å². The highest BCUT2D eigenvalue weighted by Crippen LogP contribution is 2.34. The van der Waals surface area contributed by atoms with Crippen LogP contribution in [-0.2, 0) is 5.41 Å². The predicted octanol–water partition coefficient (Wildman–Crippen LogP) is 5.52. The second-order valence-electron chi connectivity index (χ2n) is 7.21. The smallest absolute Gasteiger partial charge is 0.102 e. The van der Waals surface area contributed by atoms with Crippen molar-refractivity contribution in [2.24, 2.45) is 0 Å². The van der Waals surface area contributed by atoms with Crippen LogP contribution in [0.1, 0.15) is 26.3 Å². The molecule has 2 heterocycles. The van der Waals surface area contributed by atoms with Crippen LogP contribution in [0, 0.1) is 0 Å². The number of para-hydroxylation sites is 1. The summed E-state index contributed by atoms with van der Waals surface area (Å²) in [6.07, 6.45) is 1.98. The number of benzene rings is 2. The van der Waals surface area contributed by atoms with Crippen molar-refractivity contribution in [1.29, 1.82) is 0 Å². The van der Waals surface area contributed by atoms with Gasteiger partial charge in [0.05, 0.1) is 11.2 Å². The lowest BCUT2D eigenvalue weighted by Gasteiger charge is -2.19. The first-order valence-electron chi connectivity index (χ1n) is 8.26. The van der Waals surface area contributed by atoms with Gasteiger partial charge in [-0.3, -0.25) is 5.10 Å². The number of hydrogen-bond acceptors (Lipinski definition) is 1. The zero-order chi connectivity index (χ0) is 16.7. The highest BCUT2D eigenvalue weighted by molar-refractivity contribution is 5.96. The molecule has 0 atom stereocenters. The Morgan fingerprint density at radius 2 is 1.62 bits per heavy atom. The summed E-state index contributed by atoms with van der Waals surface area (Å²) >= 11 is 0. The molecule has 0 saturated heterocycles. The number of fused-ring (bicyclic) bond motifs is 1. The number of nitrogens with one attached hydrogen (secondary N) is 2. The monoisotopic (exact) mass is 315 g/mol. The van der Waals surface area contributed by atoms with Gasteiger partial charge in [-0.1, -0.05) is 63.2 Å². The van der Waals surface area contributed by atoms with E-state index in [2.05, 4.69) is 78.4 Å². The molecule has 3 heteroatoms. The molecule has 4 aromatic rings. The molecule has 0 aliphatic rings. The SMILES string of the molecule is CC(C)(C)c1ccc(-c2[nH]ccc2-c2n[nH]c3ccccc23)cc1. The summed E-state index contributed by atoms with van der Waals surface area (Å²) in [7, 11) is 0. The molecule has 0 amide bonds. The summed E-state index contributed by atoms with van der Waals surface area (Å²) < 4.78 is 0. The minimum absolute atomic E-state index is 0.162. The molecule has 0 saturated carbocycles. The Morgan fingerprint density at radius 3 is 2.38 bits per heavy atom. The van der Waals surface area contributed by atoms with Crippen molar-refractivity contribution in [3.8, 4) is 22.5 Å². The molecule has 2 aromatic heterocycles. The van der Waals surface area contributed by atoms with E-state index in [0.717, 1.165) is 27.9 Å². The molecule has 2 aromatic carbocycles. The number of hydrogen-bond donors (Lipinski definition) is 2. The molecule has 2 N–H and O–H groups in total. The first-order valence-corrected chi connectivity index (χ1v) is 8.26. The molecule has 24 heavy (non-hydrogen) atoms. The van der Waals surface area contributed by atoms with Gasteiger partial charge in [0.25, 0.3) is 0 Å². The van der Waals surface area contributed by atoms with Gasteiger partial charge in [0.2, 0.25) is 0 Å². The van der Waals surface area contributed by atoms with Gasteiger partial charge in [0.1, 0.15) is 5.69 Å². The Labute approximate surface area is 141 Å². The van der Waals surface area contributed by atoms with Crippen LogP contribution in [0.2, 0.25) is 0 Å². The minimum atomic E-state index is 0.162. The van der Waals surface area contributed by atoms with Gasteiger partial charge >= 0.3 is 0 Å². The molecule has 4 rings (SSSR count). The molecule has 0 aliphatic carbocycles. The van der Waals surface area contributed by atoms with E-state index in [-0.39, 0.29) is 5.41 Å². The standard InChI is InChI=1S/C21H21N3/c1-21(2,3)15-10-8-14(9-11-15)19-17(12-13-22-19)20-16-6-4-5-7-18(16)23-24-20/h4-13,22H,1-3H3,(H,23,24). The van der Waals surface area contributed by atoms with Crippen molar-refractivity contribution in [3.05, 3.63) is 66.4 Å². The molecule has 3 nitrogen and oxygen atoms in total. The summed E-state index contributed by atoms with van der Waals surface area (Å²) in [5.74, 6) is 0. The van der Waals surface area contributed by atoms with Crippen molar-refractivity contribution in [2.45, 2.75) is 26.2 Å². The van der Waals surface area contributed by atoms with Crippen molar-refractivity contribution in [1.82, 2.24) is 15.2 Å². The van der Waals surface area contributed by atoms with Gasteiger partial charge in [-0.2, -0.15) is 5.10 Å². The van der Waals surface area contributed by atoms with E-state index in [1.165, 1.54) is 11.1 Å². The molecular weight excluding hydrogens is 294 g/mol. The highest BCUT2D eigenvalue weighted by Gasteiger charge is 2.16. The lowest BCUT2D eigenvalue weighted by atomic mass is 9.86. The first kappa shape index (κ1) is 14.8. The van der Waals surface area contributed by atoms with Gasteiger partial charge in [-0.25, -0.2) is 0 Å². The zero-order valence-corrected chi connectivity index (χ0v) is 14.2. The third-order valence-electron chi connectivity index (χ3n) is 4.51. The van der Waals surface area contributed by atoms with E-state index in [0.29, 0.717) is 0 Å². The Kier molecular flexibility index (Phi) is 3.31. The number of aromatic amines is 2. The number of nitrogens with zero attached hydrogens (tertiary/aromatic N) is 1. The van der Waals surface area contributed by atoms with Gasteiger partial charge < -0.3 is 4.98 Å². The Morgan fingerprint density at radius 1 is 0.875 bits per heavy atom. The maximum atomic E-state index is 4.54. The van der Waals surface area contributed by atoms with Crippen LogP contribution in [0.15, 0.2) is 60.8 Å². The van der Waals surface area contributed by atoms with Crippen LogP contribution < -0.4 is 0 Å². The fourth-order valence-corrected chi connectivity index (χ4v) is 3.11. The quantitative estimate of drug-likeness (QED) is 0.502. The fourth-order valence-electron chi connectivity index (χ4n) is 3.11. The third-order valence-corrected chi connectivity index (χ3v) is 4.51. The van der Waals surface area contributed by atoms with Gasteiger partial charge in [0.15, 0.2) is 0 Å². The average molecular weight is 315 g/mol. The maximum absolute atomic E-state index is 4.54. The molecule has 0 bridgehead atoms. The summed E-state index contributed by atoms with van der Waals surface area (Å²) in [5, 5.41) is 8.80. The van der Waals surface area contributed by atoms with E-state index < -0.39 is 0 Å². The van der Waals surface area contributed by atoms with Crippen molar-refractivity contribution >= 4 is 10.9 Å². The average Bonchev–Trinajstić information content (AvgIpc) is 3.20. The molecule has 0 spiro atoms. The maximum Gasteiger partial charge on any atom is 0.102 e. The van der Waals surface area contributed by atoms with Gasteiger partial charge in [-0.05, 0) is 28.7 Å². The van der Waals surface area contributed by atoms with E-state index >= 15 is 0 Å². The van der Waals surface area contributed by atoms with Crippen molar-refractivity contribution in [3.63, 3.8) is 0 Å². The van der Waals surface area contributed by atoms with E-state index in [9.17, 15) is 0 Å². The summed E-state index contributed by atoms with van der Waals surface area (Å²) in [6.45, 7) is 6.70. The first-order chi connectivity index (χ1) is 11.5. The number of H-pyrrole nitrogens is 2. The lowest BCUT2D eigenvalue weighted by Crippen LogP contribution is -2.10. The second kappa shape index (κ2) is 5.38. The molecule has 120 valence electrons. The third kappa shape index (κ3) is 2.42. The highest BCUT2D eigenvalue weighted by atomic mass is 15.1. The Bertz CT molecular complexity index is 982. The van der Waals surface area contributed by atoms with Crippen LogP contribution in [-0.4, -0.2) is 15.2 Å². The molecule has 0 unspecified atom stereocenters. The van der Waals surface area contributed by atoms with E-state index in [4.69, 9.17) is 0 Å². The normalized spacial score (nSPS) is 12.0. The Balaban J connectivity index is 1.81. The number of rotatable bonds is 2. The summed E-state index contributed by atoms with van der Waals surface area (Å²) in [5.41, 5.74) is 6.95. The summed E-state index contributed by atoms with van der Waals surface area (Å²) in [4.78, 5) is 3.38. The topological polar surface area (TPSA) is 44.5 Å². The molecule has 0 fully saturated rings. The zero-order valence-electron chi connectivity index (χ0n) is 14.2. The van der Waals surface area contributed by atoms with Crippen LogP contribution in [0.25, 0.3) is 33.4 Å². The van der Waals surface area contributed by atoms with Crippen LogP contribution in [0.5, 0.6) is 0 Å². The van der Waals surface area contributed by atoms with E-state index in [1.54, 1.807) is 0 Å². The van der Waals surface area contributed by atoms with Crippen molar-refractivity contribution < 1.29 is 0 Å². The summed E-state index contributed by atoms with van der Waals surface area (Å²) in [6, 6.07) is 19.1. The van der Waals surface area contributed by atoms with E-state index in [1.807, 2.05) is 18.3 Å². The number of aromatic nitrogens is 3. The molecule has 0 radical (unpaired) electrons. The molecule has 0 aliphatic heterocycles. The minimum Gasteiger partial charge on any atom is -0.361 e. The Hall–Kier alpha value is -2.81. The van der Waals surface area contributed by atoms with Crippen LogP contribution >= 0.6 is 0 Å². The van der Waals surface area contributed by atoms with Gasteiger partial charge in [0, 0.05) is 17.1 Å². The van der Waals surface area contributed by atoms with Gasteiger partial charge in [-0.15, -0.1) is 0 Å². The second-order valence-corrected chi connectivity index (χ2v) is 7.21. The van der Waals surface area contributed by atoms with Crippen molar-refractivity contribution in [2.75, 3.05) is 0 Å².